The Bertz CT molecular complexity index is 1290. The number of nitrogen functional groups attached to an aromatic ring is 1. The summed E-state index contributed by atoms with van der Waals surface area (Å²) < 4.78 is 5.70. The van der Waals surface area contributed by atoms with Crippen molar-refractivity contribution in [1.29, 1.82) is 0 Å². The van der Waals surface area contributed by atoms with Crippen LogP contribution < -0.4 is 21.1 Å². The monoisotopic (exact) mass is 532 g/mol. The number of carboxylic acids is 1. The van der Waals surface area contributed by atoms with Gasteiger partial charge in [0.25, 0.3) is 11.8 Å². The number of aromatic nitrogens is 1. The first-order chi connectivity index (χ1) is 17.2. The van der Waals surface area contributed by atoms with Crippen molar-refractivity contribution >= 4 is 63.3 Å². The Hall–Kier alpha value is -4.11. The molecule has 15 heteroatoms. The fourth-order valence-electron chi connectivity index (χ4n) is 3.62. The molecule has 2 aromatic rings. The number of oxime groups is 1. The van der Waals surface area contributed by atoms with E-state index in [0.717, 1.165) is 16.2 Å². The number of hydrogen-bond acceptors (Lipinski definition) is 11. The van der Waals surface area contributed by atoms with Gasteiger partial charge in [-0.3, -0.25) is 19.3 Å². The van der Waals surface area contributed by atoms with Crippen LogP contribution in [-0.4, -0.2) is 73.4 Å². The lowest BCUT2D eigenvalue weighted by Gasteiger charge is -2.49. The minimum atomic E-state index is -1.30. The van der Waals surface area contributed by atoms with Gasteiger partial charge in [0.2, 0.25) is 5.91 Å². The van der Waals surface area contributed by atoms with E-state index in [4.69, 9.17) is 10.5 Å². The third-order valence-corrected chi connectivity index (χ3v) is 7.22. The zero-order chi connectivity index (χ0) is 26.0. The highest BCUT2D eigenvalue weighted by Crippen LogP contribution is 2.40. The van der Waals surface area contributed by atoms with Crippen LogP contribution in [-0.2, 0) is 19.2 Å². The molecule has 4 rings (SSSR count). The minimum Gasteiger partial charge on any atom is -0.489 e. The number of amides is 3. The van der Waals surface area contributed by atoms with Crippen LogP contribution >= 0.6 is 23.1 Å². The van der Waals surface area contributed by atoms with E-state index in [9.17, 15) is 29.5 Å². The van der Waals surface area contributed by atoms with Crippen molar-refractivity contribution < 1.29 is 34.2 Å². The van der Waals surface area contributed by atoms with E-state index < -0.39 is 34.9 Å². The van der Waals surface area contributed by atoms with E-state index in [0.29, 0.717) is 17.0 Å². The molecule has 0 spiro atoms. The number of hydrogen-bond donors (Lipinski definition) is 5. The third-order valence-electron chi connectivity index (χ3n) is 5.20. The van der Waals surface area contributed by atoms with E-state index in [1.165, 1.54) is 24.1 Å². The molecule has 6 N–H and O–H groups in total. The molecular formula is C21H20N6O7S2. The molecule has 2 aliphatic heterocycles. The van der Waals surface area contributed by atoms with Gasteiger partial charge in [0.1, 0.15) is 35.2 Å². The van der Waals surface area contributed by atoms with Crippen molar-refractivity contribution in [2.45, 2.75) is 18.3 Å². The zero-order valence-electron chi connectivity index (χ0n) is 18.6. The number of rotatable bonds is 8. The Labute approximate surface area is 212 Å². The Morgan fingerprint density at radius 1 is 1.31 bits per heavy atom. The summed E-state index contributed by atoms with van der Waals surface area (Å²) in [6.45, 7) is 1.32. The number of carbonyl (C=O) groups is 4. The Kier molecular flexibility index (Phi) is 7.12. The lowest BCUT2D eigenvalue weighted by molar-refractivity contribution is -0.150. The number of benzene rings is 1. The lowest BCUT2D eigenvalue weighted by atomic mass is 10.0. The van der Waals surface area contributed by atoms with Gasteiger partial charge in [-0.05, 0) is 24.3 Å². The van der Waals surface area contributed by atoms with Crippen LogP contribution in [0.5, 0.6) is 5.75 Å². The van der Waals surface area contributed by atoms with E-state index in [1.54, 1.807) is 24.3 Å². The highest BCUT2D eigenvalue weighted by molar-refractivity contribution is 8.00. The van der Waals surface area contributed by atoms with Crippen LogP contribution in [0.4, 0.5) is 10.8 Å². The number of anilines is 2. The molecule has 1 aromatic carbocycles. The quantitative estimate of drug-likeness (QED) is 0.139. The summed E-state index contributed by atoms with van der Waals surface area (Å²) in [7, 11) is 0. The molecule has 0 aliphatic carbocycles. The number of nitrogens with two attached hydrogens (primary N) is 1. The molecule has 13 nitrogen and oxygen atoms in total. The van der Waals surface area contributed by atoms with Crippen LogP contribution in [0.2, 0.25) is 0 Å². The van der Waals surface area contributed by atoms with E-state index in [1.807, 2.05) is 0 Å². The molecule has 1 fully saturated rings. The standard InChI is InChI=1S/C21H20N6O7S2/c1-9(28)23-11-2-4-12(5-3-11)34-6-10-7-35-19-15(18(30)27(19)16(10)20(31)32)25-17(29)14(26-33)13-8-36-21(22)24-13/h2-5,8,15,19,33H,6-7H2,1H3,(H2,22,24)(H,23,28)(H,25,29)(H,31,32)/t15?,19-/m0/s1. The van der Waals surface area contributed by atoms with E-state index >= 15 is 0 Å². The summed E-state index contributed by atoms with van der Waals surface area (Å²) in [5.74, 6) is -2.28. The van der Waals surface area contributed by atoms with Crippen molar-refractivity contribution in [2.75, 3.05) is 23.4 Å². The first-order valence-corrected chi connectivity index (χ1v) is 12.3. The second-order valence-electron chi connectivity index (χ2n) is 7.63. The molecule has 0 saturated carbocycles. The van der Waals surface area contributed by atoms with Gasteiger partial charge < -0.3 is 31.4 Å². The number of ether oxygens (including phenoxy) is 1. The van der Waals surface area contributed by atoms with Gasteiger partial charge in [-0.2, -0.15) is 0 Å². The third kappa shape index (κ3) is 4.96. The molecule has 188 valence electrons. The molecule has 1 saturated heterocycles. The predicted octanol–water partition coefficient (Wildman–Crippen LogP) is 0.680. The Balaban J connectivity index is 1.44. The largest absolute Gasteiger partial charge is 0.489 e. The van der Waals surface area contributed by atoms with Gasteiger partial charge in [-0.25, -0.2) is 9.78 Å². The van der Waals surface area contributed by atoms with Crippen LogP contribution in [0.25, 0.3) is 0 Å². The molecule has 3 heterocycles. The molecule has 0 radical (unpaired) electrons. The van der Waals surface area contributed by atoms with Gasteiger partial charge in [-0.1, -0.05) is 5.16 Å². The van der Waals surface area contributed by atoms with Crippen molar-refractivity contribution in [3.8, 4) is 5.75 Å². The lowest BCUT2D eigenvalue weighted by Crippen LogP contribution is -2.71. The molecule has 3 amide bonds. The zero-order valence-corrected chi connectivity index (χ0v) is 20.3. The first-order valence-electron chi connectivity index (χ1n) is 10.3. The number of nitrogens with zero attached hydrogens (tertiary/aromatic N) is 3. The first kappa shape index (κ1) is 25.0. The molecule has 1 aromatic heterocycles. The van der Waals surface area contributed by atoms with Gasteiger partial charge in [0.05, 0.1) is 0 Å². The number of thiazole rings is 1. The van der Waals surface area contributed by atoms with Crippen LogP contribution in [0.3, 0.4) is 0 Å². The molecule has 1 unspecified atom stereocenters. The normalized spacial score (nSPS) is 19.3. The second kappa shape index (κ2) is 10.2. The number of aliphatic carboxylic acids is 1. The summed E-state index contributed by atoms with van der Waals surface area (Å²) in [6.07, 6.45) is 0. The van der Waals surface area contributed by atoms with Crippen molar-refractivity contribution in [1.82, 2.24) is 15.2 Å². The maximum absolute atomic E-state index is 12.8. The topological polar surface area (TPSA) is 197 Å². The summed E-state index contributed by atoms with van der Waals surface area (Å²) in [6, 6.07) is 5.52. The number of carbonyl (C=O) groups excluding carboxylic acids is 3. The number of fused-ring (bicyclic) bond motifs is 1. The van der Waals surface area contributed by atoms with E-state index in [2.05, 4.69) is 20.8 Å². The molecule has 36 heavy (non-hydrogen) atoms. The van der Waals surface area contributed by atoms with Gasteiger partial charge in [0.15, 0.2) is 10.8 Å². The van der Waals surface area contributed by atoms with Crippen LogP contribution in [0.15, 0.2) is 46.1 Å². The summed E-state index contributed by atoms with van der Waals surface area (Å²) >= 11 is 2.31. The fraction of sp³-hybridized carbons (Fsp3) is 0.238. The average Bonchev–Trinajstić information content (AvgIpc) is 3.27. The van der Waals surface area contributed by atoms with Gasteiger partial charge in [-0.15, -0.1) is 23.1 Å². The van der Waals surface area contributed by atoms with Crippen LogP contribution in [0.1, 0.15) is 12.6 Å². The maximum Gasteiger partial charge on any atom is 0.352 e. The summed E-state index contributed by atoms with van der Waals surface area (Å²) in [4.78, 5) is 53.6. The molecule has 0 bridgehead atoms. The maximum atomic E-state index is 12.8. The average molecular weight is 533 g/mol. The summed E-state index contributed by atoms with van der Waals surface area (Å²) in [5.41, 5.74) is 5.96. The SMILES string of the molecule is CC(=O)Nc1ccc(OCC2=C(C(=O)O)N3C(=O)C(NC(=O)C(=NO)c4csc(N)n4)[C@@H]3SC2)cc1. The van der Waals surface area contributed by atoms with Crippen molar-refractivity contribution in [3.63, 3.8) is 0 Å². The smallest absolute Gasteiger partial charge is 0.352 e. The molecular weight excluding hydrogens is 512 g/mol. The van der Waals surface area contributed by atoms with Crippen molar-refractivity contribution in [2.24, 2.45) is 5.16 Å². The predicted molar refractivity (Wildman–Crippen MR) is 131 cm³/mol. The second-order valence-corrected chi connectivity index (χ2v) is 9.63. The minimum absolute atomic E-state index is 0.0492. The highest BCUT2D eigenvalue weighted by atomic mass is 32.2. The van der Waals surface area contributed by atoms with E-state index in [-0.39, 0.29) is 34.8 Å². The van der Waals surface area contributed by atoms with Crippen molar-refractivity contribution in [3.05, 3.63) is 46.6 Å². The molecule has 2 atom stereocenters. The van der Waals surface area contributed by atoms with Gasteiger partial charge >= 0.3 is 5.97 Å². The fourth-order valence-corrected chi connectivity index (χ4v) is 5.50. The number of β-lactam (4-membered cyclic amide) rings is 1. The number of carboxylic acid groups (broad SMARTS) is 1. The number of nitrogens with one attached hydrogen (secondary N) is 2. The number of thioether (sulfide) groups is 1. The van der Waals surface area contributed by atoms with Gasteiger partial charge in [0, 0.05) is 29.3 Å². The summed E-state index contributed by atoms with van der Waals surface area (Å²) in [5, 5.41) is 28.1. The Morgan fingerprint density at radius 2 is 2.03 bits per heavy atom. The Morgan fingerprint density at radius 3 is 2.61 bits per heavy atom. The van der Waals surface area contributed by atoms with Crippen LogP contribution in [0, 0.1) is 0 Å². The molecule has 2 aliphatic rings. The highest BCUT2D eigenvalue weighted by Gasteiger charge is 2.54.